The summed E-state index contributed by atoms with van der Waals surface area (Å²) in [6, 6.07) is 25.7. The van der Waals surface area contributed by atoms with Gasteiger partial charge in [0.1, 0.15) is 11.8 Å². The molecule has 1 aliphatic heterocycles. The Labute approximate surface area is 174 Å². The van der Waals surface area contributed by atoms with Gasteiger partial charge in [-0.3, -0.25) is 14.6 Å². The van der Waals surface area contributed by atoms with Gasteiger partial charge in [0.15, 0.2) is 0 Å². The number of amides is 2. The molecule has 0 saturated heterocycles. The molecule has 3 aromatic carbocycles. The van der Waals surface area contributed by atoms with Crippen molar-refractivity contribution >= 4 is 40.3 Å². The van der Waals surface area contributed by atoms with Gasteiger partial charge in [0.2, 0.25) is 5.91 Å². The first kappa shape index (κ1) is 19.2. The minimum atomic E-state index is -0.689. The molecule has 7 nitrogen and oxygen atoms in total. The summed E-state index contributed by atoms with van der Waals surface area (Å²) in [6.07, 6.45) is 0.156. The number of hydrazone groups is 1. The number of carbonyl (C=O) groups is 2. The van der Waals surface area contributed by atoms with Gasteiger partial charge in [0, 0.05) is 23.5 Å². The van der Waals surface area contributed by atoms with E-state index in [1.165, 1.54) is 5.01 Å². The van der Waals surface area contributed by atoms with Crippen LogP contribution >= 0.6 is 0 Å². The normalized spacial score (nSPS) is 15.4. The van der Waals surface area contributed by atoms with Crippen LogP contribution in [0.2, 0.25) is 0 Å². The molecule has 7 heteroatoms. The first-order valence-corrected chi connectivity index (χ1v) is 9.55. The Balaban J connectivity index is 1.45. The molecule has 150 valence electrons. The number of hydrogen-bond donors (Lipinski definition) is 3. The number of para-hydroxylation sites is 2. The van der Waals surface area contributed by atoms with Crippen molar-refractivity contribution < 1.29 is 9.59 Å². The molecule has 3 aromatic rings. The molecule has 0 bridgehead atoms. The van der Waals surface area contributed by atoms with Crippen molar-refractivity contribution in [3.8, 4) is 0 Å². The Morgan fingerprint density at radius 1 is 0.833 bits per heavy atom. The quantitative estimate of drug-likeness (QED) is 0.591. The van der Waals surface area contributed by atoms with E-state index in [2.05, 4.69) is 15.7 Å². The molecule has 0 radical (unpaired) electrons. The van der Waals surface area contributed by atoms with E-state index in [-0.39, 0.29) is 18.0 Å². The zero-order valence-corrected chi connectivity index (χ0v) is 16.2. The van der Waals surface area contributed by atoms with Crippen molar-refractivity contribution in [3.63, 3.8) is 0 Å². The molecule has 2 amide bonds. The number of rotatable bonds is 6. The summed E-state index contributed by atoms with van der Waals surface area (Å²) in [7, 11) is 0. The summed E-state index contributed by atoms with van der Waals surface area (Å²) < 4.78 is 0. The molecular weight excluding hydrogens is 378 g/mol. The minimum absolute atomic E-state index is 0.156. The van der Waals surface area contributed by atoms with Gasteiger partial charge in [0.25, 0.3) is 5.91 Å². The number of primary amides is 1. The van der Waals surface area contributed by atoms with Gasteiger partial charge in [-0.1, -0.05) is 36.4 Å². The highest BCUT2D eigenvalue weighted by molar-refractivity contribution is 6.44. The van der Waals surface area contributed by atoms with Crippen LogP contribution in [0.25, 0.3) is 0 Å². The lowest BCUT2D eigenvalue weighted by Crippen LogP contribution is -2.39. The monoisotopic (exact) mass is 399 g/mol. The third-order valence-electron chi connectivity index (χ3n) is 4.73. The maximum absolute atomic E-state index is 12.7. The van der Waals surface area contributed by atoms with Crippen molar-refractivity contribution in [1.29, 1.82) is 0 Å². The third kappa shape index (κ3) is 4.30. The predicted octanol–water partition coefficient (Wildman–Crippen LogP) is 3.49. The Morgan fingerprint density at radius 2 is 1.40 bits per heavy atom. The van der Waals surface area contributed by atoms with E-state index in [1.54, 1.807) is 12.1 Å². The molecule has 30 heavy (non-hydrogen) atoms. The van der Waals surface area contributed by atoms with E-state index in [0.29, 0.717) is 11.4 Å². The highest BCUT2D eigenvalue weighted by atomic mass is 16.2. The molecule has 4 rings (SSSR count). The molecule has 0 spiro atoms. The molecule has 0 unspecified atom stereocenters. The van der Waals surface area contributed by atoms with Crippen molar-refractivity contribution in [2.75, 3.05) is 15.6 Å². The fraction of sp³-hybridized carbons (Fsp3) is 0.0870. The second kappa shape index (κ2) is 8.48. The van der Waals surface area contributed by atoms with Crippen LogP contribution < -0.4 is 21.4 Å². The number of carbonyl (C=O) groups excluding carboxylic acids is 2. The molecule has 1 aliphatic rings. The Bertz CT molecular complexity index is 1070. The summed E-state index contributed by atoms with van der Waals surface area (Å²) in [5.74, 6) is -0.884. The Kier molecular flexibility index (Phi) is 5.43. The van der Waals surface area contributed by atoms with Crippen molar-refractivity contribution in [1.82, 2.24) is 0 Å². The largest absolute Gasteiger partial charge is 0.368 e. The van der Waals surface area contributed by atoms with Gasteiger partial charge >= 0.3 is 0 Å². The standard InChI is InChI=1S/C23H21N5O2/c24-22(29)21-15-20(27-28(21)19-9-5-2-6-10-19)23(30)26-18-13-11-17(12-14-18)25-16-7-3-1-4-8-16/h1-14,21,25H,15H2,(H2,24,29)(H,26,30)/t21-/m0/s1. The summed E-state index contributed by atoms with van der Waals surface area (Å²) in [6.45, 7) is 0. The lowest BCUT2D eigenvalue weighted by atomic mass is 10.1. The summed E-state index contributed by atoms with van der Waals surface area (Å²) in [5.41, 5.74) is 9.01. The van der Waals surface area contributed by atoms with Crippen LogP contribution in [0, 0.1) is 0 Å². The van der Waals surface area contributed by atoms with Crippen LogP contribution in [-0.4, -0.2) is 23.6 Å². The number of anilines is 4. The highest BCUT2D eigenvalue weighted by Crippen LogP contribution is 2.25. The second-order valence-electron chi connectivity index (χ2n) is 6.87. The van der Waals surface area contributed by atoms with E-state index < -0.39 is 11.9 Å². The van der Waals surface area contributed by atoms with Crippen LogP contribution in [0.4, 0.5) is 22.7 Å². The van der Waals surface area contributed by atoms with E-state index >= 15 is 0 Å². The fourth-order valence-electron chi connectivity index (χ4n) is 3.22. The van der Waals surface area contributed by atoms with Crippen molar-refractivity contribution in [3.05, 3.63) is 84.9 Å². The molecular formula is C23H21N5O2. The van der Waals surface area contributed by atoms with Gasteiger partial charge in [-0.25, -0.2) is 0 Å². The molecule has 0 fully saturated rings. The van der Waals surface area contributed by atoms with E-state index in [4.69, 9.17) is 5.73 Å². The van der Waals surface area contributed by atoms with E-state index in [0.717, 1.165) is 11.4 Å². The maximum Gasteiger partial charge on any atom is 0.271 e. The van der Waals surface area contributed by atoms with Crippen molar-refractivity contribution in [2.45, 2.75) is 12.5 Å². The SMILES string of the molecule is NC(=O)[C@@H]1CC(C(=O)Nc2ccc(Nc3ccccc3)cc2)=NN1c1ccccc1. The first-order chi connectivity index (χ1) is 14.6. The zero-order chi connectivity index (χ0) is 20.9. The second-order valence-corrected chi connectivity index (χ2v) is 6.87. The van der Waals surface area contributed by atoms with E-state index in [9.17, 15) is 9.59 Å². The smallest absolute Gasteiger partial charge is 0.271 e. The van der Waals surface area contributed by atoms with Crippen LogP contribution in [0.15, 0.2) is 90.0 Å². The van der Waals surface area contributed by atoms with Gasteiger partial charge in [-0.2, -0.15) is 5.10 Å². The molecule has 0 aliphatic carbocycles. The molecule has 1 heterocycles. The van der Waals surface area contributed by atoms with Crippen LogP contribution in [-0.2, 0) is 9.59 Å². The summed E-state index contributed by atoms with van der Waals surface area (Å²) in [5, 5.41) is 12.0. The number of nitrogens with zero attached hydrogens (tertiary/aromatic N) is 2. The number of nitrogens with two attached hydrogens (primary N) is 1. The summed E-state index contributed by atoms with van der Waals surface area (Å²) in [4.78, 5) is 24.6. The Hall–Kier alpha value is -4.13. The average Bonchev–Trinajstić information content (AvgIpc) is 3.23. The van der Waals surface area contributed by atoms with Crippen LogP contribution in [0.5, 0.6) is 0 Å². The lowest BCUT2D eigenvalue weighted by Gasteiger charge is -2.20. The van der Waals surface area contributed by atoms with Crippen LogP contribution in [0.3, 0.4) is 0 Å². The minimum Gasteiger partial charge on any atom is -0.368 e. The maximum atomic E-state index is 12.7. The summed E-state index contributed by atoms with van der Waals surface area (Å²) >= 11 is 0. The fourth-order valence-corrected chi connectivity index (χ4v) is 3.22. The third-order valence-corrected chi connectivity index (χ3v) is 4.73. The lowest BCUT2D eigenvalue weighted by molar-refractivity contribution is -0.119. The Morgan fingerprint density at radius 3 is 2.03 bits per heavy atom. The van der Waals surface area contributed by atoms with Gasteiger partial charge < -0.3 is 16.4 Å². The molecule has 0 saturated carbocycles. The van der Waals surface area contributed by atoms with Gasteiger partial charge in [-0.15, -0.1) is 0 Å². The van der Waals surface area contributed by atoms with Crippen LogP contribution in [0.1, 0.15) is 6.42 Å². The highest BCUT2D eigenvalue weighted by Gasteiger charge is 2.34. The number of nitrogens with one attached hydrogen (secondary N) is 2. The van der Waals surface area contributed by atoms with Gasteiger partial charge in [-0.05, 0) is 48.5 Å². The predicted molar refractivity (Wildman–Crippen MR) is 119 cm³/mol. The molecule has 0 aromatic heterocycles. The number of hydrogen-bond acceptors (Lipinski definition) is 5. The zero-order valence-electron chi connectivity index (χ0n) is 16.2. The van der Waals surface area contributed by atoms with Crippen molar-refractivity contribution in [2.24, 2.45) is 10.8 Å². The number of benzene rings is 3. The van der Waals surface area contributed by atoms with E-state index in [1.807, 2.05) is 72.8 Å². The first-order valence-electron chi connectivity index (χ1n) is 9.55. The van der Waals surface area contributed by atoms with Gasteiger partial charge in [0.05, 0.1) is 5.69 Å². The topological polar surface area (TPSA) is 99.8 Å². The molecule has 4 N–H and O–H groups in total. The average molecular weight is 399 g/mol. The molecule has 1 atom stereocenters.